The van der Waals surface area contributed by atoms with Crippen LogP contribution in [0.1, 0.15) is 55.8 Å². The van der Waals surface area contributed by atoms with E-state index in [4.69, 9.17) is 0 Å². The van der Waals surface area contributed by atoms with E-state index in [0.29, 0.717) is 24.3 Å². The number of thioether (sulfide) groups is 1. The van der Waals surface area contributed by atoms with Gasteiger partial charge in [0.2, 0.25) is 5.91 Å². The van der Waals surface area contributed by atoms with Gasteiger partial charge in [0, 0.05) is 36.1 Å². The van der Waals surface area contributed by atoms with Gasteiger partial charge in [-0.15, -0.1) is 11.8 Å². The van der Waals surface area contributed by atoms with Gasteiger partial charge < -0.3 is 10.4 Å². The summed E-state index contributed by atoms with van der Waals surface area (Å²) in [5, 5.41) is 13.2. The van der Waals surface area contributed by atoms with Crippen LogP contribution < -0.4 is 5.32 Å². The van der Waals surface area contributed by atoms with E-state index in [2.05, 4.69) is 5.32 Å². The summed E-state index contributed by atoms with van der Waals surface area (Å²) >= 11 is 1.61. The van der Waals surface area contributed by atoms with E-state index >= 15 is 0 Å². The lowest BCUT2D eigenvalue weighted by atomic mass is 9.86. The van der Waals surface area contributed by atoms with Gasteiger partial charge in [-0.25, -0.2) is 0 Å². The Hall–Kier alpha value is -1.33. The van der Waals surface area contributed by atoms with Crippen LogP contribution in [0.15, 0.2) is 29.2 Å². The Morgan fingerprint density at radius 3 is 2.70 bits per heavy atom. The number of amides is 1. The van der Waals surface area contributed by atoms with Gasteiger partial charge in [0.05, 0.1) is 5.60 Å². The van der Waals surface area contributed by atoms with Gasteiger partial charge in [-0.05, 0) is 25.0 Å². The van der Waals surface area contributed by atoms with Gasteiger partial charge in [-0.1, -0.05) is 31.4 Å². The summed E-state index contributed by atoms with van der Waals surface area (Å²) in [6.07, 6.45) is 5.45. The van der Waals surface area contributed by atoms with Crippen molar-refractivity contribution in [3.8, 4) is 0 Å². The maximum absolute atomic E-state index is 12.1. The van der Waals surface area contributed by atoms with Crippen molar-refractivity contribution < 1.29 is 14.7 Å². The minimum absolute atomic E-state index is 0.0255. The van der Waals surface area contributed by atoms with Gasteiger partial charge >= 0.3 is 0 Å². The minimum atomic E-state index is -0.561. The highest BCUT2D eigenvalue weighted by molar-refractivity contribution is 7.99. The molecule has 2 N–H and O–H groups in total. The predicted molar refractivity (Wildman–Crippen MR) is 92.8 cm³/mol. The monoisotopic (exact) mass is 335 g/mol. The van der Waals surface area contributed by atoms with Gasteiger partial charge in [-0.3, -0.25) is 9.59 Å². The van der Waals surface area contributed by atoms with Crippen LogP contribution in [0.2, 0.25) is 0 Å². The van der Waals surface area contributed by atoms with Crippen molar-refractivity contribution in [3.05, 3.63) is 29.8 Å². The van der Waals surface area contributed by atoms with Crippen molar-refractivity contribution in [3.63, 3.8) is 0 Å². The molecule has 0 aromatic heterocycles. The maximum Gasteiger partial charge on any atom is 0.216 e. The molecule has 1 aromatic carbocycles. The summed E-state index contributed by atoms with van der Waals surface area (Å²) in [7, 11) is 0. The number of hydrogen-bond acceptors (Lipinski definition) is 4. The van der Waals surface area contributed by atoms with Crippen molar-refractivity contribution in [1.82, 2.24) is 5.32 Å². The lowest BCUT2D eigenvalue weighted by Crippen LogP contribution is -2.33. The van der Waals surface area contributed by atoms with Crippen LogP contribution in [0.25, 0.3) is 0 Å². The van der Waals surface area contributed by atoms with Crippen LogP contribution in [0.5, 0.6) is 0 Å². The lowest BCUT2D eigenvalue weighted by Gasteiger charge is -2.31. The molecule has 1 aromatic rings. The van der Waals surface area contributed by atoms with Crippen molar-refractivity contribution in [1.29, 1.82) is 0 Å². The Morgan fingerprint density at radius 1 is 1.26 bits per heavy atom. The Bertz CT molecular complexity index is 553. The van der Waals surface area contributed by atoms with Crippen LogP contribution in [0.4, 0.5) is 0 Å². The zero-order valence-electron chi connectivity index (χ0n) is 13.6. The smallest absolute Gasteiger partial charge is 0.216 e. The zero-order valence-corrected chi connectivity index (χ0v) is 14.5. The van der Waals surface area contributed by atoms with Crippen molar-refractivity contribution >= 4 is 23.5 Å². The van der Waals surface area contributed by atoms with Gasteiger partial charge in [0.25, 0.3) is 0 Å². The average molecular weight is 335 g/mol. The van der Waals surface area contributed by atoms with Gasteiger partial charge in [0.1, 0.15) is 0 Å². The molecule has 0 bridgehead atoms. The summed E-state index contributed by atoms with van der Waals surface area (Å²) < 4.78 is 0. The molecule has 0 unspecified atom stereocenters. The number of carbonyl (C=O) groups is 2. The molecule has 23 heavy (non-hydrogen) atoms. The quantitative estimate of drug-likeness (QED) is 0.593. The Kier molecular flexibility index (Phi) is 6.66. The highest BCUT2D eigenvalue weighted by atomic mass is 32.2. The number of carbonyl (C=O) groups excluding carboxylic acids is 2. The first-order chi connectivity index (χ1) is 11.0. The normalized spacial score (nSPS) is 16.8. The second kappa shape index (κ2) is 8.50. The Morgan fingerprint density at radius 2 is 2.00 bits per heavy atom. The SMILES string of the molecule is CC(=O)NCCC(=O)c1cccc(SCC2(O)CCCCC2)c1. The highest BCUT2D eigenvalue weighted by Crippen LogP contribution is 2.33. The number of rotatable bonds is 7. The van der Waals surface area contributed by atoms with Crippen LogP contribution in [-0.4, -0.2) is 34.7 Å². The molecule has 126 valence electrons. The molecule has 0 aliphatic heterocycles. The maximum atomic E-state index is 12.1. The molecule has 0 spiro atoms. The third-order valence-corrected chi connectivity index (χ3v) is 5.44. The predicted octanol–water partition coefficient (Wildman–Crippen LogP) is 3.18. The molecule has 0 saturated heterocycles. The van der Waals surface area contributed by atoms with E-state index in [1.165, 1.54) is 13.3 Å². The van der Waals surface area contributed by atoms with Crippen LogP contribution in [0.3, 0.4) is 0 Å². The fourth-order valence-corrected chi connectivity index (χ4v) is 3.94. The number of ketones is 1. The summed E-state index contributed by atoms with van der Waals surface area (Å²) in [5.41, 5.74) is 0.102. The number of hydrogen-bond donors (Lipinski definition) is 2. The molecular formula is C18H25NO3S. The van der Waals surface area contributed by atoms with E-state index in [-0.39, 0.29) is 11.7 Å². The standard InChI is InChI=1S/C18H25NO3S/c1-14(20)19-11-8-17(21)15-6-5-7-16(12-15)23-13-18(22)9-3-2-4-10-18/h5-7,12,22H,2-4,8-11,13H2,1H3,(H,19,20). The van der Waals surface area contributed by atoms with Gasteiger partial charge in [-0.2, -0.15) is 0 Å². The first-order valence-corrected chi connectivity index (χ1v) is 9.20. The number of Topliss-reactive ketones (excluding diaryl/α,β-unsaturated/α-hetero) is 1. The van der Waals surface area contributed by atoms with Crippen molar-refractivity contribution in [2.24, 2.45) is 0 Å². The van der Waals surface area contributed by atoms with E-state index in [9.17, 15) is 14.7 Å². The summed E-state index contributed by atoms with van der Waals surface area (Å²) in [4.78, 5) is 24.0. The van der Waals surface area contributed by atoms with Crippen LogP contribution in [-0.2, 0) is 4.79 Å². The fraction of sp³-hybridized carbons (Fsp3) is 0.556. The average Bonchev–Trinajstić information content (AvgIpc) is 2.54. The molecular weight excluding hydrogens is 310 g/mol. The molecule has 1 amide bonds. The minimum Gasteiger partial charge on any atom is -0.389 e. The molecule has 2 rings (SSSR count). The third-order valence-electron chi connectivity index (χ3n) is 4.17. The highest BCUT2D eigenvalue weighted by Gasteiger charge is 2.29. The molecule has 0 heterocycles. The topological polar surface area (TPSA) is 66.4 Å². The first kappa shape index (κ1) is 18.0. The fourth-order valence-electron chi connectivity index (χ4n) is 2.83. The molecule has 5 heteroatoms. The molecule has 1 aliphatic carbocycles. The molecule has 4 nitrogen and oxygen atoms in total. The van der Waals surface area contributed by atoms with Gasteiger partial charge in [0.15, 0.2) is 5.78 Å². The first-order valence-electron chi connectivity index (χ1n) is 8.21. The molecule has 0 radical (unpaired) electrons. The number of benzene rings is 1. The lowest BCUT2D eigenvalue weighted by molar-refractivity contribution is -0.118. The second-order valence-corrected chi connectivity index (χ2v) is 7.31. The van der Waals surface area contributed by atoms with Crippen molar-refractivity contribution in [2.75, 3.05) is 12.3 Å². The molecule has 1 aliphatic rings. The van der Waals surface area contributed by atoms with Crippen molar-refractivity contribution in [2.45, 2.75) is 55.9 Å². The van der Waals surface area contributed by atoms with E-state index < -0.39 is 5.60 Å². The summed E-state index contributed by atoms with van der Waals surface area (Å²) in [6, 6.07) is 7.53. The second-order valence-electron chi connectivity index (χ2n) is 6.26. The van der Waals surface area contributed by atoms with E-state index in [1.54, 1.807) is 17.8 Å². The van der Waals surface area contributed by atoms with Crippen LogP contribution in [0, 0.1) is 0 Å². The number of nitrogens with one attached hydrogen (secondary N) is 1. The molecule has 0 atom stereocenters. The third kappa shape index (κ3) is 5.99. The Balaban J connectivity index is 1.88. The summed E-state index contributed by atoms with van der Waals surface area (Å²) in [5.74, 6) is 0.580. The zero-order chi connectivity index (χ0) is 16.7. The van der Waals surface area contributed by atoms with Crippen LogP contribution >= 0.6 is 11.8 Å². The van der Waals surface area contributed by atoms with E-state index in [0.717, 1.165) is 30.6 Å². The largest absolute Gasteiger partial charge is 0.389 e. The molecule has 1 fully saturated rings. The number of aliphatic hydroxyl groups is 1. The van der Waals surface area contributed by atoms with E-state index in [1.807, 2.05) is 18.2 Å². The summed E-state index contributed by atoms with van der Waals surface area (Å²) in [6.45, 7) is 1.81. The Labute approximate surface area is 142 Å². The molecule has 1 saturated carbocycles.